The van der Waals surface area contributed by atoms with Crippen molar-refractivity contribution < 1.29 is 14.7 Å². The highest BCUT2D eigenvalue weighted by Crippen LogP contribution is 2.40. The van der Waals surface area contributed by atoms with Crippen LogP contribution in [0.4, 0.5) is 0 Å². The summed E-state index contributed by atoms with van der Waals surface area (Å²) in [6, 6.07) is 6.53. The molecule has 0 aromatic heterocycles. The summed E-state index contributed by atoms with van der Waals surface area (Å²) in [6.45, 7) is 3.40. The number of benzene rings is 1. The van der Waals surface area contributed by atoms with Crippen molar-refractivity contribution in [2.45, 2.75) is 38.8 Å². The molecule has 0 spiro atoms. The number of Topliss-reactive ketones (excluding diaryl/α,β-unsaturated/α-hetero) is 1. The molecule has 2 rings (SSSR count). The average molecular weight is 310 g/mol. The number of hydrogen-bond donors (Lipinski definition) is 2. The third-order valence-electron chi connectivity index (χ3n) is 4.03. The quantitative estimate of drug-likeness (QED) is 0.840. The molecule has 4 nitrogen and oxygen atoms in total. The van der Waals surface area contributed by atoms with Crippen LogP contribution in [0.5, 0.6) is 0 Å². The first kappa shape index (κ1) is 16.0. The van der Waals surface area contributed by atoms with Crippen LogP contribution in [0, 0.1) is 5.41 Å². The van der Waals surface area contributed by atoms with Gasteiger partial charge >= 0.3 is 0 Å². The van der Waals surface area contributed by atoms with Gasteiger partial charge in [-0.25, -0.2) is 0 Å². The molecule has 5 heteroatoms. The monoisotopic (exact) mass is 309 g/mol. The highest BCUT2D eigenvalue weighted by molar-refractivity contribution is 6.17. The van der Waals surface area contributed by atoms with Gasteiger partial charge in [-0.05, 0) is 25.8 Å². The predicted molar refractivity (Wildman–Crippen MR) is 81.4 cm³/mol. The minimum Gasteiger partial charge on any atom is -0.390 e. The van der Waals surface area contributed by atoms with Crippen molar-refractivity contribution in [2.75, 3.05) is 5.88 Å². The summed E-state index contributed by atoms with van der Waals surface area (Å²) in [7, 11) is 0. The van der Waals surface area contributed by atoms with Crippen molar-refractivity contribution in [1.29, 1.82) is 0 Å². The Balaban J connectivity index is 2.33. The molecule has 1 aromatic rings. The molecule has 21 heavy (non-hydrogen) atoms. The molecule has 1 aromatic carbocycles. The summed E-state index contributed by atoms with van der Waals surface area (Å²) in [5, 5.41) is 13.4. The normalized spacial score (nSPS) is 23.5. The Morgan fingerprint density at radius 1 is 1.38 bits per heavy atom. The number of alkyl halides is 1. The molecule has 0 saturated carbocycles. The first-order valence-electron chi connectivity index (χ1n) is 7.06. The van der Waals surface area contributed by atoms with E-state index in [2.05, 4.69) is 5.32 Å². The van der Waals surface area contributed by atoms with E-state index in [-0.39, 0.29) is 11.7 Å². The summed E-state index contributed by atoms with van der Waals surface area (Å²) < 4.78 is 0. The second-order valence-electron chi connectivity index (χ2n) is 5.92. The van der Waals surface area contributed by atoms with E-state index >= 15 is 0 Å². The van der Waals surface area contributed by atoms with Crippen LogP contribution >= 0.6 is 11.6 Å². The zero-order valence-electron chi connectivity index (χ0n) is 12.2. The maximum absolute atomic E-state index is 12.5. The minimum absolute atomic E-state index is 0.100. The van der Waals surface area contributed by atoms with Gasteiger partial charge in [-0.2, -0.15) is 0 Å². The highest BCUT2D eigenvalue weighted by atomic mass is 35.5. The molecular formula is C16H20ClNO3. The van der Waals surface area contributed by atoms with E-state index in [1.54, 1.807) is 38.1 Å². The SMILES string of the molecule is CC1(C)C(=O)c2ccccc2C(NC(=O)CCCCl)C1O. The summed E-state index contributed by atoms with van der Waals surface area (Å²) in [6.07, 6.45) is -0.0662. The molecule has 0 fully saturated rings. The van der Waals surface area contributed by atoms with Crippen molar-refractivity contribution >= 4 is 23.3 Å². The molecule has 114 valence electrons. The number of fused-ring (bicyclic) bond motifs is 1. The van der Waals surface area contributed by atoms with Gasteiger partial charge < -0.3 is 10.4 Å². The molecule has 1 aliphatic carbocycles. The molecule has 1 aliphatic rings. The van der Waals surface area contributed by atoms with Crippen LogP contribution in [-0.2, 0) is 4.79 Å². The number of ketones is 1. The van der Waals surface area contributed by atoms with Crippen LogP contribution in [0.25, 0.3) is 0 Å². The van der Waals surface area contributed by atoms with Gasteiger partial charge in [-0.1, -0.05) is 24.3 Å². The maximum Gasteiger partial charge on any atom is 0.220 e. The summed E-state index contributed by atoms with van der Waals surface area (Å²) in [5.74, 6) is 0.151. The molecule has 0 bridgehead atoms. The lowest BCUT2D eigenvalue weighted by Crippen LogP contribution is -2.51. The standard InChI is InChI=1S/C16H20ClNO3/c1-16(2)14(20)11-7-4-3-6-10(11)13(15(16)21)18-12(19)8-5-9-17/h3-4,6-7,13,15,21H,5,8-9H2,1-2H3,(H,18,19). The number of carbonyl (C=O) groups excluding carboxylic acids is 2. The Kier molecular flexibility index (Phi) is 4.69. The number of halogens is 1. The van der Waals surface area contributed by atoms with Gasteiger partial charge in [-0.3, -0.25) is 9.59 Å². The van der Waals surface area contributed by atoms with Crippen LogP contribution in [0.2, 0.25) is 0 Å². The van der Waals surface area contributed by atoms with Gasteiger partial charge in [0, 0.05) is 17.9 Å². The number of nitrogens with one attached hydrogen (secondary N) is 1. The lowest BCUT2D eigenvalue weighted by atomic mass is 9.68. The fraction of sp³-hybridized carbons (Fsp3) is 0.500. The minimum atomic E-state index is -0.958. The number of amides is 1. The highest BCUT2D eigenvalue weighted by Gasteiger charge is 2.47. The van der Waals surface area contributed by atoms with E-state index in [1.807, 2.05) is 0 Å². The Hall–Kier alpha value is -1.39. The fourth-order valence-electron chi connectivity index (χ4n) is 2.67. The molecule has 0 saturated heterocycles. The van der Waals surface area contributed by atoms with Crippen LogP contribution < -0.4 is 5.32 Å². The largest absolute Gasteiger partial charge is 0.390 e. The maximum atomic E-state index is 12.5. The summed E-state index contributed by atoms with van der Waals surface area (Å²) in [4.78, 5) is 24.4. The predicted octanol–water partition coefficient (Wildman–Crippen LogP) is 2.45. The van der Waals surface area contributed by atoms with Crippen LogP contribution in [0.15, 0.2) is 24.3 Å². The van der Waals surface area contributed by atoms with E-state index in [0.29, 0.717) is 29.8 Å². The van der Waals surface area contributed by atoms with Crippen molar-refractivity contribution in [2.24, 2.45) is 5.41 Å². The van der Waals surface area contributed by atoms with E-state index < -0.39 is 17.6 Å². The first-order chi connectivity index (χ1) is 9.89. The Bertz CT molecular complexity index is 556. The second-order valence-corrected chi connectivity index (χ2v) is 6.30. The van der Waals surface area contributed by atoms with E-state index in [1.165, 1.54) is 0 Å². The molecule has 2 atom stereocenters. The Morgan fingerprint density at radius 3 is 2.71 bits per heavy atom. The van der Waals surface area contributed by atoms with Crippen molar-refractivity contribution in [3.8, 4) is 0 Å². The number of aliphatic hydroxyl groups excluding tert-OH is 1. The van der Waals surface area contributed by atoms with Gasteiger partial charge in [0.2, 0.25) is 5.91 Å². The topological polar surface area (TPSA) is 66.4 Å². The lowest BCUT2D eigenvalue weighted by molar-refractivity contribution is -0.123. The van der Waals surface area contributed by atoms with E-state index in [9.17, 15) is 14.7 Å². The van der Waals surface area contributed by atoms with Gasteiger partial charge in [0.05, 0.1) is 17.6 Å². The van der Waals surface area contributed by atoms with Gasteiger partial charge in [-0.15, -0.1) is 11.6 Å². The number of hydrogen-bond acceptors (Lipinski definition) is 3. The van der Waals surface area contributed by atoms with Crippen LogP contribution in [0.1, 0.15) is 48.7 Å². The summed E-state index contributed by atoms with van der Waals surface area (Å²) in [5.41, 5.74) is 0.308. The molecule has 2 N–H and O–H groups in total. The van der Waals surface area contributed by atoms with Crippen molar-refractivity contribution in [3.05, 3.63) is 35.4 Å². The Morgan fingerprint density at radius 2 is 2.05 bits per heavy atom. The molecule has 0 aliphatic heterocycles. The van der Waals surface area contributed by atoms with Gasteiger partial charge in [0.1, 0.15) is 0 Å². The van der Waals surface area contributed by atoms with E-state index in [0.717, 1.165) is 0 Å². The van der Waals surface area contributed by atoms with E-state index in [4.69, 9.17) is 11.6 Å². The zero-order valence-corrected chi connectivity index (χ0v) is 13.0. The van der Waals surface area contributed by atoms with Crippen LogP contribution in [-0.4, -0.2) is 28.8 Å². The Labute approximate surface area is 129 Å². The van der Waals surface area contributed by atoms with Crippen molar-refractivity contribution in [1.82, 2.24) is 5.32 Å². The van der Waals surface area contributed by atoms with Crippen molar-refractivity contribution in [3.63, 3.8) is 0 Å². The van der Waals surface area contributed by atoms with Gasteiger partial charge in [0.15, 0.2) is 5.78 Å². The molecule has 0 heterocycles. The molecule has 1 amide bonds. The van der Waals surface area contributed by atoms with Gasteiger partial charge in [0.25, 0.3) is 0 Å². The summed E-state index contributed by atoms with van der Waals surface area (Å²) >= 11 is 5.59. The average Bonchev–Trinajstić information content (AvgIpc) is 2.48. The molecule has 0 radical (unpaired) electrons. The molecule has 2 unspecified atom stereocenters. The number of aliphatic hydroxyl groups is 1. The fourth-order valence-corrected chi connectivity index (χ4v) is 2.81. The number of carbonyl (C=O) groups is 2. The molecular weight excluding hydrogens is 290 g/mol. The third-order valence-corrected chi connectivity index (χ3v) is 4.30. The second kappa shape index (κ2) is 6.16. The number of rotatable bonds is 4. The lowest BCUT2D eigenvalue weighted by Gasteiger charge is -2.40. The van der Waals surface area contributed by atoms with Crippen LogP contribution in [0.3, 0.4) is 0 Å². The first-order valence-corrected chi connectivity index (χ1v) is 7.60. The zero-order chi connectivity index (χ0) is 15.6. The smallest absolute Gasteiger partial charge is 0.220 e. The third kappa shape index (κ3) is 2.97.